The van der Waals surface area contributed by atoms with Crippen molar-refractivity contribution in [3.05, 3.63) is 11.1 Å². The third-order valence-corrected chi connectivity index (χ3v) is 5.17. The van der Waals surface area contributed by atoms with E-state index in [-0.39, 0.29) is 5.69 Å². The van der Waals surface area contributed by atoms with E-state index in [0.29, 0.717) is 0 Å². The Bertz CT molecular complexity index is 446. The van der Waals surface area contributed by atoms with Crippen LogP contribution >= 0.6 is 11.3 Å². The lowest BCUT2D eigenvalue weighted by Gasteiger charge is -2.41. The van der Waals surface area contributed by atoms with Crippen LogP contribution in [0.25, 0.3) is 0 Å². The number of aromatic nitrogens is 1. The maximum absolute atomic E-state index is 10.9. The van der Waals surface area contributed by atoms with Crippen molar-refractivity contribution in [3.63, 3.8) is 0 Å². The summed E-state index contributed by atoms with van der Waals surface area (Å²) in [5.74, 6) is 0.767. The van der Waals surface area contributed by atoms with Crippen LogP contribution in [0, 0.1) is 11.8 Å². The second-order valence-electron chi connectivity index (χ2n) is 5.36. The zero-order chi connectivity index (χ0) is 12.5. The molecule has 1 aromatic rings. The van der Waals surface area contributed by atoms with E-state index >= 15 is 0 Å². The molecule has 1 aliphatic carbocycles. The summed E-state index contributed by atoms with van der Waals surface area (Å²) in [5, 5.41) is 11.4. The zero-order valence-electron chi connectivity index (χ0n) is 10.3. The molecule has 2 heterocycles. The number of nitrogens with zero attached hydrogens (tertiary/aromatic N) is 2. The molecule has 2 fully saturated rings. The summed E-state index contributed by atoms with van der Waals surface area (Å²) in [6.45, 7) is 2.10. The van der Waals surface area contributed by atoms with Crippen LogP contribution in [0.15, 0.2) is 5.38 Å². The highest BCUT2D eigenvalue weighted by molar-refractivity contribution is 7.13. The Labute approximate surface area is 111 Å². The minimum absolute atomic E-state index is 0.181. The van der Waals surface area contributed by atoms with E-state index in [1.165, 1.54) is 43.4 Å². The van der Waals surface area contributed by atoms with Gasteiger partial charge in [-0.25, -0.2) is 9.78 Å². The van der Waals surface area contributed by atoms with Crippen molar-refractivity contribution in [2.75, 3.05) is 18.0 Å². The summed E-state index contributed by atoms with van der Waals surface area (Å²) in [5.41, 5.74) is 0.181. The van der Waals surface area contributed by atoms with Crippen LogP contribution in [0.2, 0.25) is 0 Å². The van der Waals surface area contributed by atoms with E-state index in [0.717, 1.165) is 30.1 Å². The Morgan fingerprint density at radius 3 is 2.83 bits per heavy atom. The molecule has 1 aromatic heterocycles. The molecule has 1 saturated heterocycles. The molecular formula is C13H18N2O2S. The number of aromatic carboxylic acids is 1. The molecular weight excluding hydrogens is 248 g/mol. The van der Waals surface area contributed by atoms with Crippen LogP contribution in [0.4, 0.5) is 5.13 Å². The van der Waals surface area contributed by atoms with Crippen molar-refractivity contribution in [3.8, 4) is 0 Å². The number of hydrogen-bond donors (Lipinski definition) is 1. The second-order valence-corrected chi connectivity index (χ2v) is 6.20. The van der Waals surface area contributed by atoms with Crippen LogP contribution in [-0.2, 0) is 0 Å². The van der Waals surface area contributed by atoms with Gasteiger partial charge in [-0.05, 0) is 24.7 Å². The van der Waals surface area contributed by atoms with E-state index in [2.05, 4.69) is 9.88 Å². The molecule has 0 aromatic carbocycles. The van der Waals surface area contributed by atoms with Gasteiger partial charge < -0.3 is 10.0 Å². The molecule has 4 nitrogen and oxygen atoms in total. The number of carboxylic acid groups (broad SMARTS) is 1. The number of fused-ring (bicyclic) bond motifs is 1. The molecule has 2 unspecified atom stereocenters. The van der Waals surface area contributed by atoms with Gasteiger partial charge in [-0.1, -0.05) is 19.3 Å². The number of thiazole rings is 1. The van der Waals surface area contributed by atoms with Gasteiger partial charge in [0.15, 0.2) is 10.8 Å². The molecule has 1 aliphatic heterocycles. The predicted octanol–water partition coefficient (Wildman–Crippen LogP) is 2.86. The lowest BCUT2D eigenvalue weighted by molar-refractivity contribution is 0.0691. The van der Waals surface area contributed by atoms with Crippen molar-refractivity contribution < 1.29 is 9.90 Å². The van der Waals surface area contributed by atoms with Gasteiger partial charge >= 0.3 is 5.97 Å². The number of hydrogen-bond acceptors (Lipinski definition) is 4. The second kappa shape index (κ2) is 4.88. The SMILES string of the molecule is O=C(O)c1csc(N2CCC3CCCCC3C2)n1. The summed E-state index contributed by atoms with van der Waals surface area (Å²) in [7, 11) is 0. The summed E-state index contributed by atoms with van der Waals surface area (Å²) in [4.78, 5) is 17.3. The van der Waals surface area contributed by atoms with E-state index in [9.17, 15) is 4.79 Å². The van der Waals surface area contributed by atoms with Gasteiger partial charge in [-0.15, -0.1) is 11.3 Å². The molecule has 18 heavy (non-hydrogen) atoms. The summed E-state index contributed by atoms with van der Waals surface area (Å²) < 4.78 is 0. The molecule has 3 rings (SSSR count). The van der Waals surface area contributed by atoms with E-state index in [1.54, 1.807) is 5.38 Å². The average molecular weight is 266 g/mol. The number of piperidine rings is 1. The highest BCUT2D eigenvalue weighted by Crippen LogP contribution is 2.38. The molecule has 0 radical (unpaired) electrons. The van der Waals surface area contributed by atoms with Crippen LogP contribution in [0.5, 0.6) is 0 Å². The van der Waals surface area contributed by atoms with Crippen LogP contribution in [0.3, 0.4) is 0 Å². The first-order valence-electron chi connectivity index (χ1n) is 6.68. The van der Waals surface area contributed by atoms with Gasteiger partial charge in [0, 0.05) is 18.5 Å². The average Bonchev–Trinajstić information content (AvgIpc) is 2.88. The quantitative estimate of drug-likeness (QED) is 0.894. The van der Waals surface area contributed by atoms with Crippen molar-refractivity contribution in [1.82, 2.24) is 4.98 Å². The van der Waals surface area contributed by atoms with Gasteiger partial charge in [0.25, 0.3) is 0 Å². The lowest BCUT2D eigenvalue weighted by Crippen LogP contribution is -2.41. The van der Waals surface area contributed by atoms with Crippen LogP contribution in [0.1, 0.15) is 42.6 Å². The highest BCUT2D eigenvalue weighted by atomic mass is 32.1. The fraction of sp³-hybridized carbons (Fsp3) is 0.692. The first-order chi connectivity index (χ1) is 8.74. The first kappa shape index (κ1) is 12.0. The predicted molar refractivity (Wildman–Crippen MR) is 71.4 cm³/mol. The third-order valence-electron chi connectivity index (χ3n) is 4.27. The fourth-order valence-electron chi connectivity index (χ4n) is 3.28. The monoisotopic (exact) mass is 266 g/mol. The Morgan fingerprint density at radius 2 is 2.11 bits per heavy atom. The van der Waals surface area contributed by atoms with Crippen molar-refractivity contribution in [1.29, 1.82) is 0 Å². The van der Waals surface area contributed by atoms with E-state index in [4.69, 9.17) is 5.11 Å². The molecule has 5 heteroatoms. The molecule has 0 bridgehead atoms. The van der Waals surface area contributed by atoms with Crippen LogP contribution < -0.4 is 4.90 Å². The molecule has 2 atom stereocenters. The van der Waals surface area contributed by atoms with Gasteiger partial charge in [-0.3, -0.25) is 0 Å². The van der Waals surface area contributed by atoms with Gasteiger partial charge in [0.2, 0.25) is 0 Å². The number of anilines is 1. The summed E-state index contributed by atoms with van der Waals surface area (Å²) in [6.07, 6.45) is 6.70. The maximum atomic E-state index is 10.9. The summed E-state index contributed by atoms with van der Waals surface area (Å²) >= 11 is 1.46. The standard InChI is InChI=1S/C13H18N2O2S/c16-12(17)11-8-18-13(14-11)15-6-5-9-3-1-2-4-10(9)7-15/h8-10H,1-7H2,(H,16,17). The largest absolute Gasteiger partial charge is 0.476 e. The Hall–Kier alpha value is -1.10. The van der Waals surface area contributed by atoms with Crippen molar-refractivity contribution in [2.45, 2.75) is 32.1 Å². The molecule has 98 valence electrons. The highest BCUT2D eigenvalue weighted by Gasteiger charge is 2.32. The number of carbonyl (C=O) groups is 1. The topological polar surface area (TPSA) is 53.4 Å². The minimum Gasteiger partial charge on any atom is -0.476 e. The minimum atomic E-state index is -0.926. The van der Waals surface area contributed by atoms with E-state index < -0.39 is 5.97 Å². The lowest BCUT2D eigenvalue weighted by atomic mass is 9.75. The van der Waals surface area contributed by atoms with Crippen molar-refractivity contribution in [2.24, 2.45) is 11.8 Å². The maximum Gasteiger partial charge on any atom is 0.355 e. The smallest absolute Gasteiger partial charge is 0.355 e. The molecule has 0 amide bonds. The van der Waals surface area contributed by atoms with Crippen LogP contribution in [-0.4, -0.2) is 29.1 Å². The number of carboxylic acids is 1. The molecule has 2 aliphatic rings. The van der Waals surface area contributed by atoms with Gasteiger partial charge in [0.05, 0.1) is 0 Å². The third kappa shape index (κ3) is 2.23. The first-order valence-corrected chi connectivity index (χ1v) is 7.56. The zero-order valence-corrected chi connectivity index (χ0v) is 11.2. The van der Waals surface area contributed by atoms with Gasteiger partial charge in [0.1, 0.15) is 0 Å². The van der Waals surface area contributed by atoms with Crippen molar-refractivity contribution >= 4 is 22.4 Å². The number of rotatable bonds is 2. The Kier molecular flexibility index (Phi) is 3.24. The fourth-order valence-corrected chi connectivity index (χ4v) is 4.12. The summed E-state index contributed by atoms with van der Waals surface area (Å²) in [6, 6.07) is 0. The molecule has 1 saturated carbocycles. The van der Waals surface area contributed by atoms with E-state index in [1.807, 2.05) is 0 Å². The normalized spacial score (nSPS) is 27.9. The molecule has 0 spiro atoms. The van der Waals surface area contributed by atoms with Gasteiger partial charge in [-0.2, -0.15) is 0 Å². The Balaban J connectivity index is 1.71. The molecule has 1 N–H and O–H groups in total. The Morgan fingerprint density at radius 1 is 1.33 bits per heavy atom.